The fourth-order valence-corrected chi connectivity index (χ4v) is 5.87. The van der Waals surface area contributed by atoms with Crippen molar-refractivity contribution in [2.75, 3.05) is 0 Å². The molecule has 0 aliphatic heterocycles. The Morgan fingerprint density at radius 3 is 1.88 bits per heavy atom. The van der Waals surface area contributed by atoms with Crippen LogP contribution in [-0.4, -0.2) is 17.4 Å². The van der Waals surface area contributed by atoms with Crippen LogP contribution in [-0.2, 0) is 4.79 Å². The lowest BCUT2D eigenvalue weighted by atomic mass is 9.57. The molecule has 1 N–H and O–H groups in total. The normalized spacial score (nSPS) is 31.3. The van der Waals surface area contributed by atoms with Gasteiger partial charge in [-0.3, -0.25) is 4.79 Å². The van der Waals surface area contributed by atoms with E-state index in [2.05, 4.69) is 60.7 Å². The molecule has 2 saturated carbocycles. The van der Waals surface area contributed by atoms with Crippen LogP contribution in [0.1, 0.15) is 100 Å². The van der Waals surface area contributed by atoms with Crippen molar-refractivity contribution in [2.24, 2.45) is 28.6 Å². The van der Waals surface area contributed by atoms with Crippen LogP contribution in [0.3, 0.4) is 0 Å². The Labute approximate surface area is 156 Å². The minimum atomic E-state index is -0.276. The summed E-state index contributed by atoms with van der Waals surface area (Å²) in [6.07, 6.45) is 9.36. The molecule has 0 bridgehead atoms. The summed E-state index contributed by atoms with van der Waals surface area (Å²) in [5, 5.41) is 3.65. The number of ketones is 1. The van der Waals surface area contributed by atoms with E-state index < -0.39 is 0 Å². The van der Waals surface area contributed by atoms with Gasteiger partial charge in [0.1, 0.15) is 0 Å². The Morgan fingerprint density at radius 2 is 1.48 bits per heavy atom. The Kier molecular flexibility index (Phi) is 6.14. The standard InChI is InChI=1S/C23H43NO/c1-16-13-18(14-17(2)23(16)11-9-10-12-23)15-19(24-22(6,7)8)20(25)21(3,4)5/h16-19,24H,9-15H2,1-8H3. The molecule has 3 unspecified atom stereocenters. The minimum Gasteiger partial charge on any atom is -0.303 e. The number of nitrogens with one attached hydrogen (secondary N) is 1. The van der Waals surface area contributed by atoms with Gasteiger partial charge < -0.3 is 5.32 Å². The van der Waals surface area contributed by atoms with Crippen molar-refractivity contribution in [3.05, 3.63) is 0 Å². The molecule has 2 rings (SSSR count). The summed E-state index contributed by atoms with van der Waals surface area (Å²) in [6, 6.07) is -0.0120. The van der Waals surface area contributed by atoms with E-state index in [9.17, 15) is 4.79 Å². The summed E-state index contributed by atoms with van der Waals surface area (Å²) in [4.78, 5) is 13.1. The maximum absolute atomic E-state index is 13.1. The quantitative estimate of drug-likeness (QED) is 0.675. The first-order valence-corrected chi connectivity index (χ1v) is 10.7. The second kappa shape index (κ2) is 7.33. The van der Waals surface area contributed by atoms with Gasteiger partial charge >= 0.3 is 0 Å². The lowest BCUT2D eigenvalue weighted by molar-refractivity contribution is -0.129. The number of carbonyl (C=O) groups is 1. The van der Waals surface area contributed by atoms with E-state index in [1.54, 1.807) is 0 Å². The van der Waals surface area contributed by atoms with Crippen molar-refractivity contribution in [2.45, 2.75) is 112 Å². The lowest BCUT2D eigenvalue weighted by Gasteiger charge is -2.49. The molecule has 2 heteroatoms. The first-order chi connectivity index (χ1) is 11.3. The van der Waals surface area contributed by atoms with Crippen molar-refractivity contribution in [1.82, 2.24) is 5.32 Å². The molecule has 0 aromatic carbocycles. The number of carbonyl (C=O) groups excluding carboxylic acids is 1. The highest BCUT2D eigenvalue weighted by Crippen LogP contribution is 2.57. The average Bonchev–Trinajstić information content (AvgIpc) is 2.92. The molecule has 2 aliphatic carbocycles. The van der Waals surface area contributed by atoms with Crippen LogP contribution in [0.15, 0.2) is 0 Å². The molecule has 0 saturated heterocycles. The van der Waals surface area contributed by atoms with E-state index in [0.717, 1.165) is 18.3 Å². The molecular weight excluding hydrogens is 306 g/mol. The van der Waals surface area contributed by atoms with Crippen molar-refractivity contribution in [3.8, 4) is 0 Å². The Hall–Kier alpha value is -0.370. The van der Waals surface area contributed by atoms with Gasteiger partial charge in [-0.2, -0.15) is 0 Å². The Morgan fingerprint density at radius 1 is 1.00 bits per heavy atom. The highest BCUT2D eigenvalue weighted by molar-refractivity contribution is 5.88. The van der Waals surface area contributed by atoms with Crippen LogP contribution < -0.4 is 5.32 Å². The molecule has 1 spiro atoms. The second-order valence-electron chi connectivity index (χ2n) is 11.4. The summed E-state index contributed by atoms with van der Waals surface area (Å²) >= 11 is 0. The van der Waals surface area contributed by atoms with E-state index in [0.29, 0.717) is 17.1 Å². The summed E-state index contributed by atoms with van der Waals surface area (Å²) in [5.41, 5.74) is 0.309. The molecule has 0 aromatic heterocycles. The van der Waals surface area contributed by atoms with Crippen LogP contribution in [0, 0.1) is 28.6 Å². The molecule has 2 nitrogen and oxygen atoms in total. The predicted molar refractivity (Wildman–Crippen MR) is 108 cm³/mol. The van der Waals surface area contributed by atoms with Crippen molar-refractivity contribution < 1.29 is 4.79 Å². The van der Waals surface area contributed by atoms with Gasteiger partial charge in [0.15, 0.2) is 5.78 Å². The maximum atomic E-state index is 13.1. The molecule has 146 valence electrons. The number of rotatable bonds is 4. The van der Waals surface area contributed by atoms with E-state index in [-0.39, 0.29) is 17.0 Å². The summed E-state index contributed by atoms with van der Waals surface area (Å²) in [5.74, 6) is 2.68. The van der Waals surface area contributed by atoms with Crippen LogP contribution in [0.25, 0.3) is 0 Å². The molecule has 0 amide bonds. The van der Waals surface area contributed by atoms with Gasteiger partial charge in [0.2, 0.25) is 0 Å². The maximum Gasteiger partial charge on any atom is 0.155 e. The zero-order chi connectivity index (χ0) is 19.0. The number of hydrogen-bond acceptors (Lipinski definition) is 2. The molecule has 0 heterocycles. The third-order valence-electron chi connectivity index (χ3n) is 7.10. The first kappa shape index (κ1) is 20.9. The third kappa shape index (κ3) is 4.87. The molecule has 2 aliphatic rings. The lowest BCUT2D eigenvalue weighted by Crippen LogP contribution is -2.52. The Bertz CT molecular complexity index is 447. The first-order valence-electron chi connectivity index (χ1n) is 10.7. The summed E-state index contributed by atoms with van der Waals surface area (Å²) in [7, 11) is 0. The van der Waals surface area contributed by atoms with E-state index in [1.807, 2.05) is 0 Å². The highest BCUT2D eigenvalue weighted by atomic mass is 16.1. The largest absolute Gasteiger partial charge is 0.303 e. The fourth-order valence-electron chi connectivity index (χ4n) is 5.87. The molecule has 0 aromatic rings. The van der Waals surface area contributed by atoms with Gasteiger partial charge in [0, 0.05) is 11.0 Å². The van der Waals surface area contributed by atoms with Gasteiger partial charge in [-0.25, -0.2) is 0 Å². The van der Waals surface area contributed by atoms with E-state index in [4.69, 9.17) is 0 Å². The van der Waals surface area contributed by atoms with Crippen LogP contribution in [0.2, 0.25) is 0 Å². The zero-order valence-electron chi connectivity index (χ0n) is 18.2. The van der Waals surface area contributed by atoms with Crippen LogP contribution in [0.4, 0.5) is 0 Å². The molecular formula is C23H43NO. The molecule has 3 atom stereocenters. The van der Waals surface area contributed by atoms with Gasteiger partial charge in [-0.1, -0.05) is 47.5 Å². The fraction of sp³-hybridized carbons (Fsp3) is 0.957. The summed E-state index contributed by atoms with van der Waals surface area (Å²) < 4.78 is 0. The van der Waals surface area contributed by atoms with Gasteiger partial charge in [-0.15, -0.1) is 0 Å². The summed E-state index contributed by atoms with van der Waals surface area (Å²) in [6.45, 7) is 17.7. The molecule has 0 radical (unpaired) electrons. The number of Topliss-reactive ketones (excluding diaryl/α,β-unsaturated/α-hetero) is 1. The van der Waals surface area contributed by atoms with Gasteiger partial charge in [-0.05, 0) is 76.0 Å². The third-order valence-corrected chi connectivity index (χ3v) is 7.10. The van der Waals surface area contributed by atoms with Crippen molar-refractivity contribution >= 4 is 5.78 Å². The van der Waals surface area contributed by atoms with Crippen molar-refractivity contribution in [3.63, 3.8) is 0 Å². The van der Waals surface area contributed by atoms with Crippen LogP contribution >= 0.6 is 0 Å². The minimum absolute atomic E-state index is 0.0120. The van der Waals surface area contributed by atoms with Crippen LogP contribution in [0.5, 0.6) is 0 Å². The molecule has 2 fully saturated rings. The van der Waals surface area contributed by atoms with E-state index >= 15 is 0 Å². The zero-order valence-corrected chi connectivity index (χ0v) is 18.2. The predicted octanol–water partition coefficient (Wildman–Crippen LogP) is 5.99. The molecule has 25 heavy (non-hydrogen) atoms. The second-order valence-corrected chi connectivity index (χ2v) is 11.4. The Balaban J connectivity index is 2.10. The smallest absolute Gasteiger partial charge is 0.155 e. The highest BCUT2D eigenvalue weighted by Gasteiger charge is 2.48. The van der Waals surface area contributed by atoms with Crippen molar-refractivity contribution in [1.29, 1.82) is 0 Å². The van der Waals surface area contributed by atoms with Gasteiger partial charge in [0.25, 0.3) is 0 Å². The number of hydrogen-bond donors (Lipinski definition) is 1. The monoisotopic (exact) mass is 349 g/mol. The topological polar surface area (TPSA) is 29.1 Å². The SMILES string of the molecule is CC1CC(CC(NC(C)(C)C)C(=O)C(C)(C)C)CC(C)C12CCCC2. The van der Waals surface area contributed by atoms with E-state index in [1.165, 1.54) is 38.5 Å². The average molecular weight is 350 g/mol. The van der Waals surface area contributed by atoms with Gasteiger partial charge in [0.05, 0.1) is 6.04 Å².